The first kappa shape index (κ1) is 21.8. The van der Waals surface area contributed by atoms with E-state index in [0.717, 1.165) is 36.0 Å². The number of hydrogen-bond acceptors (Lipinski definition) is 3. The molecule has 0 amide bonds. The van der Waals surface area contributed by atoms with Crippen LogP contribution in [-0.2, 0) is 0 Å². The van der Waals surface area contributed by atoms with Crippen molar-refractivity contribution < 1.29 is 4.74 Å². The molecule has 0 bridgehead atoms. The average Bonchev–Trinajstić information content (AvgIpc) is 2.78. The lowest BCUT2D eigenvalue weighted by atomic mass is 9.78. The largest absolute Gasteiger partial charge is 0.494 e. The smallest absolute Gasteiger partial charge is 0.119 e. The lowest BCUT2D eigenvalue weighted by Gasteiger charge is -2.28. The minimum Gasteiger partial charge on any atom is -0.494 e. The Kier molecular flexibility index (Phi) is 8.98. The number of unbranched alkanes of at least 4 members (excludes halogenated alkanes) is 4. The van der Waals surface area contributed by atoms with Crippen molar-refractivity contribution in [3.8, 4) is 17.0 Å². The van der Waals surface area contributed by atoms with Crippen molar-refractivity contribution >= 4 is 0 Å². The van der Waals surface area contributed by atoms with Crippen LogP contribution in [0, 0.1) is 5.92 Å². The van der Waals surface area contributed by atoms with Crippen LogP contribution in [-0.4, -0.2) is 16.8 Å². The molecular formula is C26H38N2O. The highest BCUT2D eigenvalue weighted by molar-refractivity contribution is 5.59. The standard InChI is InChI=1S/C26H38N2O/c1-3-5-7-9-21-10-12-22(13-11-21)25-18-19-26(28-27-25)23-14-16-24(17-15-23)29-20-8-6-4-2/h14-19,21-22H,3-13,20H2,1-2H3. The van der Waals surface area contributed by atoms with Crippen molar-refractivity contribution in [1.82, 2.24) is 10.2 Å². The summed E-state index contributed by atoms with van der Waals surface area (Å²) in [7, 11) is 0. The summed E-state index contributed by atoms with van der Waals surface area (Å²) < 4.78 is 5.80. The minimum absolute atomic E-state index is 0.595. The fourth-order valence-electron chi connectivity index (χ4n) is 4.41. The summed E-state index contributed by atoms with van der Waals surface area (Å²) in [5.74, 6) is 2.47. The molecule has 1 aromatic carbocycles. The summed E-state index contributed by atoms with van der Waals surface area (Å²) in [4.78, 5) is 0. The fourth-order valence-corrected chi connectivity index (χ4v) is 4.41. The molecule has 1 aromatic heterocycles. The van der Waals surface area contributed by atoms with Gasteiger partial charge in [0, 0.05) is 11.5 Å². The third kappa shape index (κ3) is 6.83. The van der Waals surface area contributed by atoms with Crippen LogP contribution in [0.4, 0.5) is 0 Å². The lowest BCUT2D eigenvalue weighted by Crippen LogP contribution is -2.14. The topological polar surface area (TPSA) is 35.0 Å². The first-order valence-electron chi connectivity index (χ1n) is 11.9. The molecule has 29 heavy (non-hydrogen) atoms. The molecule has 2 aromatic rings. The Morgan fingerprint density at radius 1 is 0.793 bits per heavy atom. The zero-order valence-corrected chi connectivity index (χ0v) is 18.4. The van der Waals surface area contributed by atoms with Gasteiger partial charge in [-0.3, -0.25) is 0 Å². The third-order valence-electron chi connectivity index (χ3n) is 6.33. The van der Waals surface area contributed by atoms with Crippen LogP contribution in [0.25, 0.3) is 11.3 Å². The molecule has 0 N–H and O–H groups in total. The second-order valence-corrected chi connectivity index (χ2v) is 8.64. The van der Waals surface area contributed by atoms with E-state index in [1.807, 2.05) is 12.1 Å². The van der Waals surface area contributed by atoms with E-state index in [0.29, 0.717) is 5.92 Å². The molecule has 0 unspecified atom stereocenters. The van der Waals surface area contributed by atoms with Gasteiger partial charge in [-0.1, -0.05) is 52.4 Å². The van der Waals surface area contributed by atoms with Gasteiger partial charge in [0.2, 0.25) is 0 Å². The molecule has 3 rings (SSSR count). The van der Waals surface area contributed by atoms with Crippen molar-refractivity contribution in [3.63, 3.8) is 0 Å². The summed E-state index contributed by atoms with van der Waals surface area (Å²) in [5.41, 5.74) is 3.22. The molecule has 1 fully saturated rings. The lowest BCUT2D eigenvalue weighted by molar-refractivity contribution is 0.299. The van der Waals surface area contributed by atoms with E-state index in [1.54, 1.807) is 0 Å². The van der Waals surface area contributed by atoms with E-state index in [1.165, 1.54) is 69.9 Å². The summed E-state index contributed by atoms with van der Waals surface area (Å²) in [6.45, 7) is 5.29. The van der Waals surface area contributed by atoms with E-state index in [9.17, 15) is 0 Å². The van der Waals surface area contributed by atoms with Crippen molar-refractivity contribution in [3.05, 3.63) is 42.1 Å². The van der Waals surface area contributed by atoms with Gasteiger partial charge < -0.3 is 4.74 Å². The van der Waals surface area contributed by atoms with Crippen molar-refractivity contribution in [2.24, 2.45) is 5.92 Å². The normalized spacial score (nSPS) is 19.2. The molecule has 3 heteroatoms. The van der Waals surface area contributed by atoms with Gasteiger partial charge in [-0.25, -0.2) is 0 Å². The van der Waals surface area contributed by atoms with Gasteiger partial charge in [0.05, 0.1) is 18.0 Å². The Bertz CT molecular complexity index is 688. The van der Waals surface area contributed by atoms with Gasteiger partial charge in [0.15, 0.2) is 0 Å². The zero-order chi connectivity index (χ0) is 20.3. The van der Waals surface area contributed by atoms with Crippen LogP contribution in [0.1, 0.15) is 96.1 Å². The number of ether oxygens (including phenoxy) is 1. The molecule has 0 spiro atoms. The first-order chi connectivity index (χ1) is 14.3. The van der Waals surface area contributed by atoms with Crippen molar-refractivity contribution in [1.29, 1.82) is 0 Å². The number of rotatable bonds is 11. The van der Waals surface area contributed by atoms with Crippen LogP contribution < -0.4 is 4.74 Å². The molecule has 0 saturated heterocycles. The van der Waals surface area contributed by atoms with E-state index in [4.69, 9.17) is 4.74 Å². The fraction of sp³-hybridized carbons (Fsp3) is 0.615. The maximum absolute atomic E-state index is 5.80. The first-order valence-corrected chi connectivity index (χ1v) is 11.9. The molecule has 158 valence electrons. The molecule has 1 saturated carbocycles. The minimum atomic E-state index is 0.595. The predicted octanol–water partition coefficient (Wildman–Crippen LogP) is 7.57. The Labute approximate surface area is 177 Å². The Morgan fingerprint density at radius 2 is 1.52 bits per heavy atom. The average molecular weight is 395 g/mol. The number of aromatic nitrogens is 2. The summed E-state index contributed by atoms with van der Waals surface area (Å²) in [6.07, 6.45) is 14.4. The predicted molar refractivity (Wildman–Crippen MR) is 121 cm³/mol. The van der Waals surface area contributed by atoms with Crippen molar-refractivity contribution in [2.75, 3.05) is 6.61 Å². The van der Waals surface area contributed by atoms with Crippen molar-refractivity contribution in [2.45, 2.75) is 90.4 Å². The Morgan fingerprint density at radius 3 is 2.17 bits per heavy atom. The third-order valence-corrected chi connectivity index (χ3v) is 6.33. The Hall–Kier alpha value is -1.90. The Balaban J connectivity index is 1.49. The maximum atomic E-state index is 5.80. The molecular weight excluding hydrogens is 356 g/mol. The van der Waals surface area contributed by atoms with Crippen LogP contribution in [0.3, 0.4) is 0 Å². The molecule has 3 nitrogen and oxygen atoms in total. The van der Waals surface area contributed by atoms with Gasteiger partial charge in [-0.2, -0.15) is 10.2 Å². The monoisotopic (exact) mass is 394 g/mol. The van der Waals surface area contributed by atoms with Gasteiger partial charge in [-0.15, -0.1) is 0 Å². The van der Waals surface area contributed by atoms with Crippen LogP contribution in [0.15, 0.2) is 36.4 Å². The summed E-state index contributed by atoms with van der Waals surface area (Å²) in [5, 5.41) is 9.12. The van der Waals surface area contributed by atoms with Gasteiger partial charge >= 0.3 is 0 Å². The van der Waals surface area contributed by atoms with Gasteiger partial charge in [0.1, 0.15) is 5.75 Å². The molecule has 1 aliphatic rings. The van der Waals surface area contributed by atoms with E-state index in [-0.39, 0.29) is 0 Å². The van der Waals surface area contributed by atoms with Crippen LogP contribution in [0.2, 0.25) is 0 Å². The van der Waals surface area contributed by atoms with Gasteiger partial charge in [-0.05, 0) is 74.4 Å². The quantitative estimate of drug-likeness (QED) is 0.369. The molecule has 0 radical (unpaired) electrons. The molecule has 1 heterocycles. The van der Waals surface area contributed by atoms with E-state index in [2.05, 4.69) is 48.3 Å². The second kappa shape index (κ2) is 11.9. The van der Waals surface area contributed by atoms with E-state index >= 15 is 0 Å². The summed E-state index contributed by atoms with van der Waals surface area (Å²) >= 11 is 0. The highest BCUT2D eigenvalue weighted by atomic mass is 16.5. The SMILES string of the molecule is CCCCCOc1ccc(-c2ccc(C3CCC(CCCCC)CC3)nn2)cc1. The van der Waals surface area contributed by atoms with Gasteiger partial charge in [0.25, 0.3) is 0 Å². The number of benzene rings is 1. The highest BCUT2D eigenvalue weighted by Gasteiger charge is 2.23. The maximum Gasteiger partial charge on any atom is 0.119 e. The molecule has 0 aliphatic heterocycles. The number of nitrogens with zero attached hydrogens (tertiary/aromatic N) is 2. The zero-order valence-electron chi connectivity index (χ0n) is 18.4. The second-order valence-electron chi connectivity index (χ2n) is 8.64. The molecule has 0 atom stereocenters. The molecule has 1 aliphatic carbocycles. The van der Waals surface area contributed by atoms with Crippen LogP contribution in [0.5, 0.6) is 5.75 Å². The summed E-state index contributed by atoms with van der Waals surface area (Å²) in [6, 6.07) is 12.6. The van der Waals surface area contributed by atoms with E-state index < -0.39 is 0 Å². The number of hydrogen-bond donors (Lipinski definition) is 0. The van der Waals surface area contributed by atoms with Crippen LogP contribution >= 0.6 is 0 Å². The highest BCUT2D eigenvalue weighted by Crippen LogP contribution is 2.37.